The van der Waals surface area contributed by atoms with Crippen molar-refractivity contribution < 1.29 is 23.8 Å². The molecule has 3 rings (SSSR count). The van der Waals surface area contributed by atoms with Gasteiger partial charge in [-0.1, -0.05) is 17.7 Å². The molecular weight excluding hydrogens is 358 g/mol. The summed E-state index contributed by atoms with van der Waals surface area (Å²) in [5, 5.41) is 2.95. The van der Waals surface area contributed by atoms with Gasteiger partial charge in [0.1, 0.15) is 13.2 Å². The van der Waals surface area contributed by atoms with E-state index >= 15 is 0 Å². The van der Waals surface area contributed by atoms with Crippen LogP contribution in [-0.2, 0) is 9.53 Å². The summed E-state index contributed by atoms with van der Waals surface area (Å²) in [7, 11) is 0. The zero-order chi connectivity index (χ0) is 18.7. The lowest BCUT2D eigenvalue weighted by Crippen LogP contribution is -2.21. The molecule has 1 N–H and O–H groups in total. The van der Waals surface area contributed by atoms with Gasteiger partial charge in [0.2, 0.25) is 0 Å². The van der Waals surface area contributed by atoms with Gasteiger partial charge >= 0.3 is 5.97 Å². The summed E-state index contributed by atoms with van der Waals surface area (Å²) in [6.45, 7) is 4.31. The monoisotopic (exact) mass is 375 g/mol. The second-order valence-electron chi connectivity index (χ2n) is 5.91. The molecule has 6 nitrogen and oxygen atoms in total. The van der Waals surface area contributed by atoms with E-state index in [9.17, 15) is 9.59 Å². The van der Waals surface area contributed by atoms with Crippen LogP contribution >= 0.6 is 11.6 Å². The van der Waals surface area contributed by atoms with Crippen molar-refractivity contribution >= 4 is 29.2 Å². The van der Waals surface area contributed by atoms with E-state index in [4.69, 9.17) is 25.8 Å². The van der Waals surface area contributed by atoms with E-state index in [1.807, 2.05) is 26.0 Å². The van der Waals surface area contributed by atoms with Crippen LogP contribution in [0, 0.1) is 13.8 Å². The molecule has 0 bridgehead atoms. The number of nitrogens with one attached hydrogen (secondary N) is 1. The maximum Gasteiger partial charge on any atom is 0.338 e. The Morgan fingerprint density at radius 2 is 1.88 bits per heavy atom. The van der Waals surface area contributed by atoms with E-state index < -0.39 is 18.5 Å². The van der Waals surface area contributed by atoms with Gasteiger partial charge in [0.05, 0.1) is 10.6 Å². The minimum atomic E-state index is -0.667. The van der Waals surface area contributed by atoms with Crippen LogP contribution in [0.2, 0.25) is 5.02 Å². The first-order valence-corrected chi connectivity index (χ1v) is 8.45. The molecule has 7 heteroatoms. The number of hydrogen-bond donors (Lipinski definition) is 1. The number of benzene rings is 2. The maximum absolute atomic E-state index is 12.2. The standard InChI is InChI=1S/C19H18ClNO5/c1-11-3-4-14(7-12(11)2)21-17(22)10-26-19(23)13-8-15(20)18-16(9-13)24-5-6-25-18/h3-4,7-9H,5-6,10H2,1-2H3,(H,21,22). The number of ether oxygens (including phenoxy) is 3. The molecule has 26 heavy (non-hydrogen) atoms. The van der Waals surface area contributed by atoms with Crippen LogP contribution in [0.5, 0.6) is 11.5 Å². The highest BCUT2D eigenvalue weighted by Crippen LogP contribution is 2.38. The molecule has 0 atom stereocenters. The smallest absolute Gasteiger partial charge is 0.338 e. The summed E-state index contributed by atoms with van der Waals surface area (Å²) in [6.07, 6.45) is 0. The lowest BCUT2D eigenvalue weighted by Gasteiger charge is -2.19. The summed E-state index contributed by atoms with van der Waals surface area (Å²) < 4.78 is 15.9. The Morgan fingerprint density at radius 3 is 2.65 bits per heavy atom. The largest absolute Gasteiger partial charge is 0.486 e. The fraction of sp³-hybridized carbons (Fsp3) is 0.263. The molecule has 0 fully saturated rings. The van der Waals surface area contributed by atoms with Crippen molar-refractivity contribution in [2.75, 3.05) is 25.1 Å². The molecule has 0 saturated carbocycles. The van der Waals surface area contributed by atoms with E-state index in [-0.39, 0.29) is 10.6 Å². The second kappa shape index (κ2) is 7.66. The molecule has 2 aromatic rings. The van der Waals surface area contributed by atoms with Gasteiger partial charge in [-0.15, -0.1) is 0 Å². The Morgan fingerprint density at radius 1 is 1.12 bits per heavy atom. The number of carbonyl (C=O) groups is 2. The fourth-order valence-electron chi connectivity index (χ4n) is 2.46. The van der Waals surface area contributed by atoms with Crippen molar-refractivity contribution in [2.24, 2.45) is 0 Å². The van der Waals surface area contributed by atoms with Gasteiger partial charge < -0.3 is 19.5 Å². The zero-order valence-corrected chi connectivity index (χ0v) is 15.2. The van der Waals surface area contributed by atoms with Crippen molar-refractivity contribution in [1.29, 1.82) is 0 Å². The predicted molar refractivity (Wildman–Crippen MR) is 97.3 cm³/mol. The zero-order valence-electron chi connectivity index (χ0n) is 14.4. The highest BCUT2D eigenvalue weighted by atomic mass is 35.5. The molecule has 1 amide bonds. The minimum Gasteiger partial charge on any atom is -0.486 e. The number of anilines is 1. The van der Waals surface area contributed by atoms with Crippen LogP contribution in [0.15, 0.2) is 30.3 Å². The van der Waals surface area contributed by atoms with Gasteiger partial charge in [-0.05, 0) is 49.2 Å². The highest BCUT2D eigenvalue weighted by Gasteiger charge is 2.20. The fourth-order valence-corrected chi connectivity index (χ4v) is 2.72. The SMILES string of the molecule is Cc1ccc(NC(=O)COC(=O)c2cc(Cl)c3c(c2)OCCO3)cc1C. The van der Waals surface area contributed by atoms with E-state index in [1.54, 1.807) is 6.07 Å². The molecule has 0 aromatic heterocycles. The maximum atomic E-state index is 12.2. The van der Waals surface area contributed by atoms with E-state index in [0.29, 0.717) is 30.4 Å². The van der Waals surface area contributed by atoms with Gasteiger partial charge in [-0.2, -0.15) is 0 Å². The van der Waals surface area contributed by atoms with Crippen LogP contribution in [-0.4, -0.2) is 31.7 Å². The molecule has 2 aromatic carbocycles. The average molecular weight is 376 g/mol. The quantitative estimate of drug-likeness (QED) is 0.827. The van der Waals surface area contributed by atoms with E-state index in [0.717, 1.165) is 11.1 Å². The topological polar surface area (TPSA) is 73.9 Å². The summed E-state index contributed by atoms with van der Waals surface area (Å²) in [5.74, 6) is -0.304. The van der Waals surface area contributed by atoms with Gasteiger partial charge in [0.15, 0.2) is 18.1 Å². The first-order valence-electron chi connectivity index (χ1n) is 8.07. The normalized spacial score (nSPS) is 12.4. The van der Waals surface area contributed by atoms with Crippen molar-refractivity contribution in [2.45, 2.75) is 13.8 Å². The Balaban J connectivity index is 1.60. The number of amides is 1. The third-order valence-electron chi connectivity index (χ3n) is 3.96. The number of esters is 1. The van der Waals surface area contributed by atoms with Crippen LogP contribution in [0.25, 0.3) is 0 Å². The van der Waals surface area contributed by atoms with Gasteiger partial charge in [-0.3, -0.25) is 4.79 Å². The Labute approximate surface area is 156 Å². The number of carbonyl (C=O) groups excluding carboxylic acids is 2. The molecule has 0 unspecified atom stereocenters. The summed E-state index contributed by atoms with van der Waals surface area (Å²) in [4.78, 5) is 24.2. The van der Waals surface area contributed by atoms with Crippen LogP contribution in [0.1, 0.15) is 21.5 Å². The Kier molecular flexibility index (Phi) is 5.32. The molecule has 1 heterocycles. The Bertz CT molecular complexity index is 865. The van der Waals surface area contributed by atoms with E-state index in [2.05, 4.69) is 5.32 Å². The van der Waals surface area contributed by atoms with Crippen LogP contribution < -0.4 is 14.8 Å². The van der Waals surface area contributed by atoms with Crippen LogP contribution in [0.3, 0.4) is 0 Å². The number of rotatable bonds is 4. The molecule has 0 aliphatic carbocycles. The van der Waals surface area contributed by atoms with Crippen molar-refractivity contribution in [3.8, 4) is 11.5 Å². The molecule has 0 saturated heterocycles. The highest BCUT2D eigenvalue weighted by molar-refractivity contribution is 6.32. The molecule has 1 aliphatic rings. The third-order valence-corrected chi connectivity index (χ3v) is 4.24. The molecule has 0 radical (unpaired) electrons. The number of halogens is 1. The third kappa shape index (κ3) is 4.08. The number of aryl methyl sites for hydroxylation is 2. The first kappa shape index (κ1) is 18.1. The van der Waals surface area contributed by atoms with Crippen molar-refractivity contribution in [1.82, 2.24) is 0 Å². The van der Waals surface area contributed by atoms with Gasteiger partial charge in [-0.25, -0.2) is 4.79 Å². The summed E-state index contributed by atoms with van der Waals surface area (Å²) in [5.41, 5.74) is 3.03. The van der Waals surface area contributed by atoms with Crippen molar-refractivity contribution in [3.05, 3.63) is 52.0 Å². The number of fused-ring (bicyclic) bond motifs is 1. The summed E-state index contributed by atoms with van der Waals surface area (Å²) in [6, 6.07) is 8.48. The average Bonchev–Trinajstić information content (AvgIpc) is 2.63. The Hall–Kier alpha value is -2.73. The van der Waals surface area contributed by atoms with Crippen molar-refractivity contribution in [3.63, 3.8) is 0 Å². The second-order valence-corrected chi connectivity index (χ2v) is 6.31. The lowest BCUT2D eigenvalue weighted by atomic mass is 10.1. The molecule has 136 valence electrons. The molecule has 0 spiro atoms. The van der Waals surface area contributed by atoms with E-state index in [1.165, 1.54) is 12.1 Å². The minimum absolute atomic E-state index is 0.193. The van der Waals surface area contributed by atoms with Crippen LogP contribution in [0.4, 0.5) is 5.69 Å². The lowest BCUT2D eigenvalue weighted by molar-refractivity contribution is -0.119. The summed E-state index contributed by atoms with van der Waals surface area (Å²) >= 11 is 6.10. The van der Waals surface area contributed by atoms with Gasteiger partial charge in [0.25, 0.3) is 5.91 Å². The molecular formula is C19H18ClNO5. The predicted octanol–water partition coefficient (Wildman–Crippen LogP) is 3.52. The van der Waals surface area contributed by atoms with Gasteiger partial charge in [0, 0.05) is 5.69 Å². The molecule has 1 aliphatic heterocycles. The number of hydrogen-bond acceptors (Lipinski definition) is 5. The first-order chi connectivity index (χ1) is 12.4.